The summed E-state index contributed by atoms with van der Waals surface area (Å²) >= 11 is 3.44. The van der Waals surface area contributed by atoms with Crippen LogP contribution in [0.5, 0.6) is 0 Å². The third-order valence-corrected chi connectivity index (χ3v) is 3.45. The number of anilines is 1. The standard InChI is InChI=1S/C15H14BrNO3/c1-2-20-15(19)17-13-7-4-3-6-11(13)10-12(16)14(17)8-5-9-18/h3-4,6-7,10,14,18H,2,9H2,1H3. The predicted octanol–water partition coefficient (Wildman–Crippen LogP) is 2.76. The topological polar surface area (TPSA) is 49.8 Å². The van der Waals surface area contributed by atoms with Crippen molar-refractivity contribution in [3.8, 4) is 11.8 Å². The van der Waals surface area contributed by atoms with Crippen molar-refractivity contribution >= 4 is 33.8 Å². The maximum absolute atomic E-state index is 12.2. The molecular weight excluding hydrogens is 322 g/mol. The number of amides is 1. The summed E-state index contributed by atoms with van der Waals surface area (Å²) < 4.78 is 5.86. The number of aliphatic hydroxyl groups is 1. The van der Waals surface area contributed by atoms with E-state index in [1.807, 2.05) is 30.3 Å². The second kappa shape index (κ2) is 6.60. The molecule has 5 heteroatoms. The number of ether oxygens (including phenoxy) is 1. The van der Waals surface area contributed by atoms with E-state index in [1.165, 1.54) is 4.90 Å². The zero-order valence-corrected chi connectivity index (χ0v) is 12.6. The largest absolute Gasteiger partial charge is 0.449 e. The van der Waals surface area contributed by atoms with Gasteiger partial charge in [-0.2, -0.15) is 0 Å². The monoisotopic (exact) mass is 335 g/mol. The Balaban J connectivity index is 2.49. The minimum absolute atomic E-state index is 0.255. The molecule has 1 amide bonds. The summed E-state index contributed by atoms with van der Waals surface area (Å²) in [7, 11) is 0. The fourth-order valence-corrected chi connectivity index (χ4v) is 2.56. The first-order chi connectivity index (χ1) is 9.69. The Labute approximate surface area is 126 Å². The molecule has 1 atom stereocenters. The maximum Gasteiger partial charge on any atom is 0.415 e. The number of fused-ring (bicyclic) bond motifs is 1. The van der Waals surface area contributed by atoms with Gasteiger partial charge in [0.15, 0.2) is 0 Å². The number of para-hydroxylation sites is 1. The molecule has 1 N–H and O–H groups in total. The van der Waals surface area contributed by atoms with Gasteiger partial charge in [-0.1, -0.05) is 46.0 Å². The quantitative estimate of drug-likeness (QED) is 0.803. The first-order valence-electron chi connectivity index (χ1n) is 6.20. The van der Waals surface area contributed by atoms with Crippen LogP contribution in [0.15, 0.2) is 28.7 Å². The van der Waals surface area contributed by atoms with E-state index in [-0.39, 0.29) is 6.61 Å². The molecule has 0 radical (unpaired) electrons. The van der Waals surface area contributed by atoms with E-state index in [1.54, 1.807) is 6.92 Å². The summed E-state index contributed by atoms with van der Waals surface area (Å²) in [5, 5.41) is 8.86. The number of aliphatic hydroxyl groups excluding tert-OH is 1. The van der Waals surface area contributed by atoms with Gasteiger partial charge in [-0.25, -0.2) is 4.79 Å². The highest BCUT2D eigenvalue weighted by Gasteiger charge is 2.31. The van der Waals surface area contributed by atoms with Gasteiger partial charge in [0.05, 0.1) is 12.3 Å². The van der Waals surface area contributed by atoms with Crippen molar-refractivity contribution in [2.24, 2.45) is 0 Å². The highest BCUT2D eigenvalue weighted by Crippen LogP contribution is 2.35. The number of nitrogens with zero attached hydrogens (tertiary/aromatic N) is 1. The van der Waals surface area contributed by atoms with E-state index < -0.39 is 12.1 Å². The number of hydrogen-bond acceptors (Lipinski definition) is 3. The fraction of sp³-hybridized carbons (Fsp3) is 0.267. The number of carbonyl (C=O) groups is 1. The molecule has 0 aromatic heterocycles. The Kier molecular flexibility index (Phi) is 4.83. The van der Waals surface area contributed by atoms with E-state index in [4.69, 9.17) is 9.84 Å². The van der Waals surface area contributed by atoms with Gasteiger partial charge < -0.3 is 9.84 Å². The Morgan fingerprint density at radius 1 is 1.50 bits per heavy atom. The van der Waals surface area contributed by atoms with Crippen LogP contribution < -0.4 is 4.90 Å². The molecule has 0 saturated carbocycles. The molecule has 1 heterocycles. The number of hydrogen-bond donors (Lipinski definition) is 1. The molecule has 20 heavy (non-hydrogen) atoms. The summed E-state index contributed by atoms with van der Waals surface area (Å²) in [6, 6.07) is 7.03. The summed E-state index contributed by atoms with van der Waals surface area (Å²) in [5.41, 5.74) is 1.65. The molecule has 1 aromatic carbocycles. The molecule has 0 saturated heterocycles. The highest BCUT2D eigenvalue weighted by molar-refractivity contribution is 9.11. The number of halogens is 1. The maximum atomic E-state index is 12.2. The predicted molar refractivity (Wildman–Crippen MR) is 81.5 cm³/mol. The molecule has 1 aliphatic rings. The first-order valence-corrected chi connectivity index (χ1v) is 6.99. The fourth-order valence-electron chi connectivity index (χ4n) is 1.99. The minimum atomic E-state index is -0.490. The normalized spacial score (nSPS) is 16.6. The van der Waals surface area contributed by atoms with Crippen LogP contribution in [0.2, 0.25) is 0 Å². The average Bonchev–Trinajstić information content (AvgIpc) is 2.44. The molecule has 1 aliphatic heterocycles. The molecule has 104 valence electrons. The lowest BCUT2D eigenvalue weighted by atomic mass is 10.0. The first kappa shape index (κ1) is 14.6. The van der Waals surface area contributed by atoms with Crippen LogP contribution in [0, 0.1) is 11.8 Å². The van der Waals surface area contributed by atoms with Crippen LogP contribution in [0.3, 0.4) is 0 Å². The number of rotatable bonds is 1. The van der Waals surface area contributed by atoms with Crippen molar-refractivity contribution in [1.29, 1.82) is 0 Å². The zero-order chi connectivity index (χ0) is 14.5. The van der Waals surface area contributed by atoms with Crippen LogP contribution in [0.1, 0.15) is 12.5 Å². The van der Waals surface area contributed by atoms with Crippen molar-refractivity contribution in [3.63, 3.8) is 0 Å². The number of benzene rings is 1. The van der Waals surface area contributed by atoms with E-state index in [0.717, 1.165) is 15.7 Å². The van der Waals surface area contributed by atoms with Gasteiger partial charge in [-0.15, -0.1) is 0 Å². The molecule has 1 unspecified atom stereocenters. The van der Waals surface area contributed by atoms with Crippen LogP contribution in [0.25, 0.3) is 6.08 Å². The van der Waals surface area contributed by atoms with Crippen LogP contribution >= 0.6 is 15.9 Å². The Morgan fingerprint density at radius 2 is 2.25 bits per heavy atom. The van der Waals surface area contributed by atoms with E-state index >= 15 is 0 Å². The Hall–Kier alpha value is -1.77. The number of carbonyl (C=O) groups excluding carboxylic acids is 1. The second-order valence-corrected chi connectivity index (χ2v) is 4.95. The van der Waals surface area contributed by atoms with Gasteiger partial charge in [0.1, 0.15) is 12.6 Å². The molecule has 0 spiro atoms. The molecule has 0 aliphatic carbocycles. The second-order valence-electron chi connectivity index (χ2n) is 4.04. The van der Waals surface area contributed by atoms with Crippen LogP contribution in [0.4, 0.5) is 10.5 Å². The van der Waals surface area contributed by atoms with E-state index in [9.17, 15) is 4.79 Å². The summed E-state index contributed by atoms with van der Waals surface area (Å²) in [6.45, 7) is 1.79. The van der Waals surface area contributed by atoms with Crippen LogP contribution in [-0.4, -0.2) is 30.5 Å². The third kappa shape index (κ3) is 2.87. The molecule has 0 fully saturated rings. The Bertz CT molecular complexity index is 601. The van der Waals surface area contributed by atoms with Crippen molar-refractivity contribution in [2.45, 2.75) is 13.0 Å². The van der Waals surface area contributed by atoms with Gasteiger partial charge in [-0.3, -0.25) is 4.90 Å². The van der Waals surface area contributed by atoms with Gasteiger partial charge in [0.2, 0.25) is 0 Å². The lowest BCUT2D eigenvalue weighted by Gasteiger charge is -2.32. The zero-order valence-electron chi connectivity index (χ0n) is 11.0. The molecule has 0 bridgehead atoms. The van der Waals surface area contributed by atoms with Crippen molar-refractivity contribution in [2.75, 3.05) is 18.1 Å². The molecule has 2 rings (SSSR count). The highest BCUT2D eigenvalue weighted by atomic mass is 79.9. The van der Waals surface area contributed by atoms with Gasteiger partial charge >= 0.3 is 6.09 Å². The van der Waals surface area contributed by atoms with Crippen molar-refractivity contribution in [1.82, 2.24) is 0 Å². The lowest BCUT2D eigenvalue weighted by Crippen LogP contribution is -2.42. The summed E-state index contributed by atoms with van der Waals surface area (Å²) in [4.78, 5) is 13.7. The van der Waals surface area contributed by atoms with Gasteiger partial charge in [0.25, 0.3) is 0 Å². The molecule has 4 nitrogen and oxygen atoms in total. The molecule has 1 aromatic rings. The third-order valence-electron chi connectivity index (χ3n) is 2.79. The summed E-state index contributed by atoms with van der Waals surface area (Å²) in [6.07, 6.45) is 1.46. The average molecular weight is 336 g/mol. The SMILES string of the molecule is CCOC(=O)N1c2ccccc2C=C(Br)C1C#CCO. The van der Waals surface area contributed by atoms with Crippen molar-refractivity contribution in [3.05, 3.63) is 34.3 Å². The van der Waals surface area contributed by atoms with Gasteiger partial charge in [-0.05, 0) is 24.6 Å². The lowest BCUT2D eigenvalue weighted by molar-refractivity contribution is 0.159. The summed E-state index contributed by atoms with van der Waals surface area (Å²) in [5.74, 6) is 5.45. The van der Waals surface area contributed by atoms with Crippen LogP contribution in [-0.2, 0) is 4.74 Å². The van der Waals surface area contributed by atoms with Crippen molar-refractivity contribution < 1.29 is 14.6 Å². The minimum Gasteiger partial charge on any atom is -0.449 e. The van der Waals surface area contributed by atoms with Gasteiger partial charge in [0, 0.05) is 4.48 Å². The van der Waals surface area contributed by atoms with E-state index in [0.29, 0.717) is 6.61 Å². The Morgan fingerprint density at radius 3 is 2.95 bits per heavy atom. The smallest absolute Gasteiger partial charge is 0.415 e. The van der Waals surface area contributed by atoms with E-state index in [2.05, 4.69) is 27.8 Å². The molecular formula is C15H14BrNO3.